The van der Waals surface area contributed by atoms with E-state index in [1.165, 1.54) is 24.1 Å². The zero-order valence-corrected chi connectivity index (χ0v) is 13.7. The molecule has 3 heteroatoms. The summed E-state index contributed by atoms with van der Waals surface area (Å²) in [5.74, 6) is 1.12. The number of hydrogen-bond acceptors (Lipinski definition) is 3. The molecule has 1 aliphatic rings. The van der Waals surface area contributed by atoms with Gasteiger partial charge in [-0.1, -0.05) is 20.8 Å². The lowest BCUT2D eigenvalue weighted by Crippen LogP contribution is -2.26. The van der Waals surface area contributed by atoms with Gasteiger partial charge in [-0.3, -0.25) is 0 Å². The second kappa shape index (κ2) is 6.13. The maximum Gasteiger partial charge on any atom is 0.129 e. The van der Waals surface area contributed by atoms with Crippen molar-refractivity contribution in [2.45, 2.75) is 65.5 Å². The SMILES string of the molecule is CCN(CC)c1cc(CNC2CC2)cc(C(C)(C)C)n1. The minimum atomic E-state index is 0.0947. The molecule has 1 aliphatic carbocycles. The van der Waals surface area contributed by atoms with E-state index < -0.39 is 0 Å². The van der Waals surface area contributed by atoms with Crippen LogP contribution in [0.1, 0.15) is 58.7 Å². The smallest absolute Gasteiger partial charge is 0.129 e. The van der Waals surface area contributed by atoms with E-state index in [9.17, 15) is 0 Å². The van der Waals surface area contributed by atoms with Crippen molar-refractivity contribution < 1.29 is 0 Å². The topological polar surface area (TPSA) is 28.2 Å². The molecule has 0 atom stereocenters. The molecule has 0 unspecified atom stereocenters. The standard InChI is InChI=1S/C17H29N3/c1-6-20(7-2)16-11-13(12-18-14-8-9-14)10-15(19-16)17(3,4)5/h10-11,14,18H,6-9,12H2,1-5H3. The first-order chi connectivity index (χ1) is 9.44. The predicted molar refractivity (Wildman–Crippen MR) is 86.4 cm³/mol. The maximum absolute atomic E-state index is 4.89. The Morgan fingerprint density at radius 2 is 1.85 bits per heavy atom. The summed E-state index contributed by atoms with van der Waals surface area (Å²) in [6, 6.07) is 5.26. The van der Waals surface area contributed by atoms with Crippen molar-refractivity contribution in [1.29, 1.82) is 0 Å². The van der Waals surface area contributed by atoms with Crippen molar-refractivity contribution in [3.05, 3.63) is 23.4 Å². The Balaban J connectivity index is 2.26. The number of nitrogens with one attached hydrogen (secondary N) is 1. The highest BCUT2D eigenvalue weighted by molar-refractivity contribution is 5.43. The fourth-order valence-electron chi connectivity index (χ4n) is 2.32. The van der Waals surface area contributed by atoms with Gasteiger partial charge in [-0.2, -0.15) is 0 Å². The van der Waals surface area contributed by atoms with E-state index in [-0.39, 0.29) is 5.41 Å². The average molecular weight is 275 g/mol. The molecule has 0 radical (unpaired) electrons. The van der Waals surface area contributed by atoms with Gasteiger partial charge in [0, 0.05) is 36.8 Å². The molecule has 0 amide bonds. The van der Waals surface area contributed by atoms with Crippen molar-refractivity contribution in [3.8, 4) is 0 Å². The molecular weight excluding hydrogens is 246 g/mol. The molecule has 1 aromatic heterocycles. The summed E-state index contributed by atoms with van der Waals surface area (Å²) >= 11 is 0. The van der Waals surface area contributed by atoms with Crippen molar-refractivity contribution in [1.82, 2.24) is 10.3 Å². The Kier molecular flexibility index (Phi) is 4.69. The van der Waals surface area contributed by atoms with Crippen LogP contribution in [0.3, 0.4) is 0 Å². The van der Waals surface area contributed by atoms with Gasteiger partial charge < -0.3 is 10.2 Å². The number of pyridine rings is 1. The van der Waals surface area contributed by atoms with Gasteiger partial charge in [-0.15, -0.1) is 0 Å². The highest BCUT2D eigenvalue weighted by Crippen LogP contribution is 2.26. The summed E-state index contributed by atoms with van der Waals surface area (Å²) in [5.41, 5.74) is 2.64. The summed E-state index contributed by atoms with van der Waals surface area (Å²) in [5, 5.41) is 3.61. The monoisotopic (exact) mass is 275 g/mol. The van der Waals surface area contributed by atoms with Gasteiger partial charge in [0.15, 0.2) is 0 Å². The second-order valence-corrected chi connectivity index (χ2v) is 6.80. The van der Waals surface area contributed by atoms with Gasteiger partial charge in [-0.05, 0) is 44.4 Å². The van der Waals surface area contributed by atoms with Gasteiger partial charge >= 0.3 is 0 Å². The van der Waals surface area contributed by atoms with E-state index in [1.54, 1.807) is 0 Å². The third kappa shape index (κ3) is 3.95. The van der Waals surface area contributed by atoms with Gasteiger partial charge in [0.1, 0.15) is 5.82 Å². The first kappa shape index (κ1) is 15.3. The molecule has 0 aliphatic heterocycles. The largest absolute Gasteiger partial charge is 0.357 e. The lowest BCUT2D eigenvalue weighted by Gasteiger charge is -2.25. The Hall–Kier alpha value is -1.09. The minimum absolute atomic E-state index is 0.0947. The lowest BCUT2D eigenvalue weighted by molar-refractivity contribution is 0.565. The molecule has 1 fully saturated rings. The third-order valence-corrected chi connectivity index (χ3v) is 3.90. The third-order valence-electron chi connectivity index (χ3n) is 3.90. The number of nitrogens with zero attached hydrogens (tertiary/aromatic N) is 2. The molecule has 1 heterocycles. The Bertz CT molecular complexity index is 440. The fourth-order valence-corrected chi connectivity index (χ4v) is 2.32. The van der Waals surface area contributed by atoms with E-state index in [4.69, 9.17) is 4.98 Å². The molecular formula is C17H29N3. The lowest BCUT2D eigenvalue weighted by atomic mass is 9.90. The van der Waals surface area contributed by atoms with E-state index in [2.05, 4.69) is 57.0 Å². The van der Waals surface area contributed by atoms with Crippen molar-refractivity contribution in [2.24, 2.45) is 0 Å². The molecule has 1 aromatic rings. The van der Waals surface area contributed by atoms with Crippen LogP contribution < -0.4 is 10.2 Å². The second-order valence-electron chi connectivity index (χ2n) is 6.80. The first-order valence-corrected chi connectivity index (χ1v) is 7.93. The fraction of sp³-hybridized carbons (Fsp3) is 0.706. The molecule has 3 nitrogen and oxygen atoms in total. The molecule has 1 saturated carbocycles. The Labute approximate surface area is 123 Å². The molecule has 1 N–H and O–H groups in total. The van der Waals surface area contributed by atoms with Crippen LogP contribution in [0, 0.1) is 0 Å². The van der Waals surface area contributed by atoms with E-state index in [0.29, 0.717) is 0 Å². The molecule has 112 valence electrons. The Morgan fingerprint density at radius 1 is 1.20 bits per heavy atom. The van der Waals surface area contributed by atoms with Crippen molar-refractivity contribution >= 4 is 5.82 Å². The zero-order chi connectivity index (χ0) is 14.8. The van der Waals surface area contributed by atoms with E-state index in [0.717, 1.165) is 31.5 Å². The van der Waals surface area contributed by atoms with Crippen LogP contribution in [-0.4, -0.2) is 24.1 Å². The van der Waals surface area contributed by atoms with Gasteiger partial charge in [-0.25, -0.2) is 4.98 Å². The molecule has 0 aromatic carbocycles. The number of rotatable bonds is 6. The van der Waals surface area contributed by atoms with Crippen molar-refractivity contribution in [3.63, 3.8) is 0 Å². The maximum atomic E-state index is 4.89. The highest BCUT2D eigenvalue weighted by Gasteiger charge is 2.22. The number of aromatic nitrogens is 1. The molecule has 0 spiro atoms. The summed E-state index contributed by atoms with van der Waals surface area (Å²) in [6.07, 6.45) is 2.67. The molecule has 0 saturated heterocycles. The van der Waals surface area contributed by atoms with Crippen LogP contribution in [0.5, 0.6) is 0 Å². The van der Waals surface area contributed by atoms with Gasteiger partial charge in [0.25, 0.3) is 0 Å². The average Bonchev–Trinajstić information content (AvgIpc) is 3.21. The minimum Gasteiger partial charge on any atom is -0.357 e. The van der Waals surface area contributed by atoms with Crippen LogP contribution in [0.2, 0.25) is 0 Å². The molecule has 2 rings (SSSR count). The first-order valence-electron chi connectivity index (χ1n) is 7.93. The highest BCUT2D eigenvalue weighted by atomic mass is 15.2. The van der Waals surface area contributed by atoms with Crippen LogP contribution in [0.4, 0.5) is 5.82 Å². The van der Waals surface area contributed by atoms with Crippen LogP contribution in [0.15, 0.2) is 12.1 Å². The van der Waals surface area contributed by atoms with Crippen molar-refractivity contribution in [2.75, 3.05) is 18.0 Å². The van der Waals surface area contributed by atoms with Crippen LogP contribution in [0.25, 0.3) is 0 Å². The normalized spacial score (nSPS) is 15.4. The number of hydrogen-bond donors (Lipinski definition) is 1. The predicted octanol–water partition coefficient (Wildman–Crippen LogP) is 3.48. The molecule has 20 heavy (non-hydrogen) atoms. The summed E-state index contributed by atoms with van der Waals surface area (Å²) in [7, 11) is 0. The van der Waals surface area contributed by atoms with Crippen LogP contribution in [-0.2, 0) is 12.0 Å². The number of anilines is 1. The van der Waals surface area contributed by atoms with Gasteiger partial charge in [0.05, 0.1) is 0 Å². The van der Waals surface area contributed by atoms with E-state index >= 15 is 0 Å². The van der Waals surface area contributed by atoms with Gasteiger partial charge in [0.2, 0.25) is 0 Å². The quantitative estimate of drug-likeness (QED) is 0.861. The molecule has 0 bridgehead atoms. The Morgan fingerprint density at radius 3 is 2.35 bits per heavy atom. The summed E-state index contributed by atoms with van der Waals surface area (Å²) < 4.78 is 0. The van der Waals surface area contributed by atoms with E-state index in [1.807, 2.05) is 0 Å². The summed E-state index contributed by atoms with van der Waals surface area (Å²) in [6.45, 7) is 14.1. The summed E-state index contributed by atoms with van der Waals surface area (Å²) in [4.78, 5) is 7.22. The van der Waals surface area contributed by atoms with Crippen LogP contribution >= 0.6 is 0 Å². The zero-order valence-electron chi connectivity index (χ0n) is 13.7.